The van der Waals surface area contributed by atoms with E-state index < -0.39 is 18.5 Å². The number of nitrogens with zero attached hydrogens (tertiary/aromatic N) is 2. The lowest BCUT2D eigenvalue weighted by Gasteiger charge is -2.07. The van der Waals surface area contributed by atoms with E-state index in [4.69, 9.17) is 26.2 Å². The second kappa shape index (κ2) is 10.3. The molecule has 1 fully saturated rings. The quantitative estimate of drug-likeness (QED) is 0.473. The van der Waals surface area contributed by atoms with Gasteiger partial charge in [-0.05, 0) is 66.7 Å². The lowest BCUT2D eigenvalue weighted by Crippen LogP contribution is -2.23. The normalized spacial score (nSPS) is 16.0. The van der Waals surface area contributed by atoms with Gasteiger partial charge in [0.2, 0.25) is 0 Å². The smallest absolute Gasteiger partial charge is 0.341 e. The highest BCUT2D eigenvalue weighted by atomic mass is 35.5. The number of hydrogen-bond acceptors (Lipinski definition) is 7. The minimum Gasteiger partial charge on any atom is -0.480 e. The number of rotatable bonds is 7. The van der Waals surface area contributed by atoms with Crippen LogP contribution in [-0.4, -0.2) is 53.3 Å². The van der Waals surface area contributed by atoms with Crippen molar-refractivity contribution < 1.29 is 29.0 Å². The average Bonchev–Trinajstić information content (AvgIpc) is 3.01. The first-order chi connectivity index (χ1) is 15.3. The summed E-state index contributed by atoms with van der Waals surface area (Å²) >= 11 is 7.35. The Morgan fingerprint density at radius 1 is 1.22 bits per heavy atom. The van der Waals surface area contributed by atoms with Crippen molar-refractivity contribution in [3.05, 3.63) is 63.5 Å². The fraction of sp³-hybridized carbons (Fsp3) is 0.182. The van der Waals surface area contributed by atoms with Crippen molar-refractivity contribution >= 4 is 58.1 Å². The molecular formula is C22H19ClN2O6S. The number of carbonyl (C=O) groups excluding carboxylic acids is 2. The van der Waals surface area contributed by atoms with Gasteiger partial charge in [0.05, 0.1) is 27.8 Å². The van der Waals surface area contributed by atoms with Gasteiger partial charge in [0.15, 0.2) is 11.8 Å². The van der Waals surface area contributed by atoms with Crippen LogP contribution in [0.1, 0.15) is 22.8 Å². The number of carbonyl (C=O) groups is 3. The van der Waals surface area contributed by atoms with Crippen molar-refractivity contribution in [3.8, 4) is 5.75 Å². The minimum absolute atomic E-state index is 0.223. The third kappa shape index (κ3) is 5.68. The Morgan fingerprint density at radius 2 is 1.94 bits per heavy atom. The molecule has 10 heteroatoms. The number of thioether (sulfide) groups is 1. The highest BCUT2D eigenvalue weighted by Crippen LogP contribution is 2.34. The number of aliphatic carboxylic acids is 1. The van der Waals surface area contributed by atoms with E-state index in [9.17, 15) is 14.4 Å². The molecule has 1 heterocycles. The standard InChI is InChI=1S/C22H19ClN2O6S/c1-3-30-21(29)14-5-7-15(8-6-14)24-22-25(2)20(28)18(32-22)11-13-4-9-17(16(23)10-13)31-12-19(26)27/h4-11H,3,12H2,1-2H3,(H,26,27). The third-order valence-corrected chi connectivity index (χ3v) is 5.57. The van der Waals surface area contributed by atoms with E-state index in [2.05, 4.69) is 4.99 Å². The lowest BCUT2D eigenvalue weighted by molar-refractivity contribution is -0.139. The minimum atomic E-state index is -1.11. The van der Waals surface area contributed by atoms with Crippen molar-refractivity contribution in [3.63, 3.8) is 0 Å². The van der Waals surface area contributed by atoms with Crippen LogP contribution in [0.25, 0.3) is 6.08 Å². The molecule has 0 spiro atoms. The fourth-order valence-corrected chi connectivity index (χ4v) is 3.89. The summed E-state index contributed by atoms with van der Waals surface area (Å²) < 4.78 is 10.1. The van der Waals surface area contributed by atoms with E-state index in [1.165, 1.54) is 16.7 Å². The summed E-state index contributed by atoms with van der Waals surface area (Å²) in [5.74, 6) is -1.49. The maximum Gasteiger partial charge on any atom is 0.341 e. The van der Waals surface area contributed by atoms with Gasteiger partial charge in [-0.25, -0.2) is 14.6 Å². The molecule has 0 atom stereocenters. The molecule has 0 unspecified atom stereocenters. The lowest BCUT2D eigenvalue weighted by atomic mass is 10.2. The first-order valence-electron chi connectivity index (χ1n) is 9.46. The zero-order valence-electron chi connectivity index (χ0n) is 17.2. The maximum atomic E-state index is 12.6. The number of benzene rings is 2. The second-order valence-corrected chi connectivity index (χ2v) is 7.93. The van der Waals surface area contributed by atoms with E-state index in [1.807, 2.05) is 0 Å². The number of hydrogen-bond donors (Lipinski definition) is 1. The number of carboxylic acid groups (broad SMARTS) is 1. The molecule has 0 aromatic heterocycles. The van der Waals surface area contributed by atoms with Crippen LogP contribution in [-0.2, 0) is 14.3 Å². The number of halogens is 1. The van der Waals surface area contributed by atoms with Crippen molar-refractivity contribution in [2.75, 3.05) is 20.3 Å². The van der Waals surface area contributed by atoms with Crippen LogP contribution in [0.5, 0.6) is 5.75 Å². The highest BCUT2D eigenvalue weighted by molar-refractivity contribution is 8.18. The van der Waals surface area contributed by atoms with Crippen molar-refractivity contribution in [1.29, 1.82) is 0 Å². The summed E-state index contributed by atoms with van der Waals surface area (Å²) in [5.41, 5.74) is 1.67. The Kier molecular flexibility index (Phi) is 7.55. The zero-order chi connectivity index (χ0) is 23.3. The molecule has 2 aromatic carbocycles. The fourth-order valence-electron chi connectivity index (χ4n) is 2.66. The maximum absolute atomic E-state index is 12.6. The molecule has 0 bridgehead atoms. The molecule has 1 aliphatic heterocycles. The summed E-state index contributed by atoms with van der Waals surface area (Å²) in [6.07, 6.45) is 1.67. The van der Waals surface area contributed by atoms with E-state index in [0.29, 0.717) is 33.5 Å². The largest absolute Gasteiger partial charge is 0.480 e. The number of likely N-dealkylation sites (N-methyl/N-ethyl adjacent to an activating group) is 1. The van der Waals surface area contributed by atoms with Gasteiger partial charge in [-0.1, -0.05) is 17.7 Å². The molecule has 1 saturated heterocycles. The van der Waals surface area contributed by atoms with E-state index in [1.54, 1.807) is 62.5 Å². The predicted octanol–water partition coefficient (Wildman–Crippen LogP) is 4.21. The first kappa shape index (κ1) is 23.4. The third-order valence-electron chi connectivity index (χ3n) is 4.21. The second-order valence-electron chi connectivity index (χ2n) is 6.51. The molecule has 166 valence electrons. The monoisotopic (exact) mass is 474 g/mol. The molecule has 3 rings (SSSR count). The molecule has 1 N–H and O–H groups in total. The van der Waals surface area contributed by atoms with Gasteiger partial charge in [-0.3, -0.25) is 9.69 Å². The van der Waals surface area contributed by atoms with Crippen LogP contribution in [0.4, 0.5) is 5.69 Å². The van der Waals surface area contributed by atoms with Crippen LogP contribution in [0.2, 0.25) is 5.02 Å². The summed E-state index contributed by atoms with van der Waals surface area (Å²) in [4.78, 5) is 41.4. The SMILES string of the molecule is CCOC(=O)c1ccc(N=C2SC(=Cc3ccc(OCC(=O)O)c(Cl)c3)C(=O)N2C)cc1. The molecule has 1 aliphatic rings. The van der Waals surface area contributed by atoms with E-state index >= 15 is 0 Å². The highest BCUT2D eigenvalue weighted by Gasteiger charge is 2.30. The average molecular weight is 475 g/mol. The summed E-state index contributed by atoms with van der Waals surface area (Å²) in [6.45, 7) is 1.54. The Labute approximate surface area is 193 Å². The van der Waals surface area contributed by atoms with Crippen molar-refractivity contribution in [2.45, 2.75) is 6.92 Å². The number of amidine groups is 1. The predicted molar refractivity (Wildman–Crippen MR) is 122 cm³/mol. The molecule has 0 aliphatic carbocycles. The van der Waals surface area contributed by atoms with Gasteiger partial charge < -0.3 is 14.6 Å². The van der Waals surface area contributed by atoms with Crippen LogP contribution in [0, 0.1) is 0 Å². The number of aliphatic imine (C=N–C) groups is 1. The number of carboxylic acids is 1. The van der Waals surface area contributed by atoms with Gasteiger partial charge in [-0.2, -0.15) is 0 Å². The number of esters is 1. The summed E-state index contributed by atoms with van der Waals surface area (Å²) in [6, 6.07) is 11.4. The topological polar surface area (TPSA) is 106 Å². The number of amides is 1. The van der Waals surface area contributed by atoms with Crippen LogP contribution in [0.15, 0.2) is 52.4 Å². The summed E-state index contributed by atoms with van der Waals surface area (Å²) in [7, 11) is 1.62. The van der Waals surface area contributed by atoms with E-state index in [-0.39, 0.29) is 16.7 Å². The van der Waals surface area contributed by atoms with Gasteiger partial charge >= 0.3 is 11.9 Å². The van der Waals surface area contributed by atoms with Gasteiger partial charge in [0.1, 0.15) is 5.75 Å². The van der Waals surface area contributed by atoms with Gasteiger partial charge in [0, 0.05) is 7.05 Å². The van der Waals surface area contributed by atoms with Gasteiger partial charge in [0.25, 0.3) is 5.91 Å². The molecule has 32 heavy (non-hydrogen) atoms. The summed E-state index contributed by atoms with van der Waals surface area (Å²) in [5, 5.41) is 9.42. The molecule has 8 nitrogen and oxygen atoms in total. The van der Waals surface area contributed by atoms with E-state index in [0.717, 1.165) is 0 Å². The zero-order valence-corrected chi connectivity index (χ0v) is 18.8. The van der Waals surface area contributed by atoms with Gasteiger partial charge in [-0.15, -0.1) is 0 Å². The molecular weight excluding hydrogens is 456 g/mol. The van der Waals surface area contributed by atoms with Crippen LogP contribution < -0.4 is 4.74 Å². The Morgan fingerprint density at radius 3 is 2.56 bits per heavy atom. The Bertz CT molecular complexity index is 1110. The Balaban J connectivity index is 1.76. The van der Waals surface area contributed by atoms with Crippen molar-refractivity contribution in [1.82, 2.24) is 4.90 Å². The molecule has 2 aromatic rings. The number of ether oxygens (including phenoxy) is 2. The Hall–Kier alpha value is -3.30. The molecule has 1 amide bonds. The molecule has 0 radical (unpaired) electrons. The van der Waals surface area contributed by atoms with Crippen LogP contribution >= 0.6 is 23.4 Å². The van der Waals surface area contributed by atoms with Crippen molar-refractivity contribution in [2.24, 2.45) is 4.99 Å². The first-order valence-corrected chi connectivity index (χ1v) is 10.7. The molecule has 0 saturated carbocycles. The van der Waals surface area contributed by atoms with Crippen LogP contribution in [0.3, 0.4) is 0 Å².